The second-order valence-corrected chi connectivity index (χ2v) is 8.27. The molecule has 24 heavy (non-hydrogen) atoms. The van der Waals surface area contributed by atoms with E-state index in [0.29, 0.717) is 37.1 Å². The van der Waals surface area contributed by atoms with Gasteiger partial charge in [0.2, 0.25) is 0 Å². The lowest BCUT2D eigenvalue weighted by atomic mass is 10.1. The molecular formula is C17H24N2O4S. The molecule has 1 aromatic rings. The first-order valence-corrected chi connectivity index (χ1v) is 9.18. The highest BCUT2D eigenvalue weighted by Crippen LogP contribution is 2.35. The van der Waals surface area contributed by atoms with Gasteiger partial charge in [0.25, 0.3) is 11.8 Å². The molecule has 132 valence electrons. The number of amides is 2. The summed E-state index contributed by atoms with van der Waals surface area (Å²) >= 11 is 1.45. The number of rotatable bonds is 3. The summed E-state index contributed by atoms with van der Waals surface area (Å²) in [7, 11) is 0. The van der Waals surface area contributed by atoms with Crippen LogP contribution in [0.15, 0.2) is 6.07 Å². The largest absolute Gasteiger partial charge is 0.391 e. The third-order valence-electron chi connectivity index (χ3n) is 4.72. The maximum Gasteiger partial charge on any atom is 0.264 e. The Morgan fingerprint density at radius 2 is 2.00 bits per heavy atom. The van der Waals surface area contributed by atoms with Crippen molar-refractivity contribution in [2.45, 2.75) is 57.3 Å². The predicted octanol–water partition coefficient (Wildman–Crippen LogP) is 0.972. The van der Waals surface area contributed by atoms with E-state index in [2.05, 4.69) is 5.32 Å². The smallest absolute Gasteiger partial charge is 0.264 e. The number of hydrogen-bond acceptors (Lipinski definition) is 5. The fourth-order valence-electron chi connectivity index (χ4n) is 3.12. The number of aliphatic hydroxyl groups excluding tert-OH is 1. The number of aryl methyl sites for hydroxylation is 2. The molecule has 3 N–H and O–H groups in total. The van der Waals surface area contributed by atoms with E-state index >= 15 is 0 Å². The fraction of sp³-hybridized carbons (Fsp3) is 0.647. The van der Waals surface area contributed by atoms with Gasteiger partial charge in [-0.1, -0.05) is 0 Å². The van der Waals surface area contributed by atoms with E-state index in [4.69, 9.17) is 0 Å². The molecule has 1 aromatic heterocycles. The molecule has 1 aliphatic carbocycles. The van der Waals surface area contributed by atoms with E-state index in [-0.39, 0.29) is 24.4 Å². The van der Waals surface area contributed by atoms with Crippen molar-refractivity contribution in [3.8, 4) is 0 Å². The van der Waals surface area contributed by atoms with Crippen molar-refractivity contribution in [2.75, 3.05) is 13.1 Å². The van der Waals surface area contributed by atoms with Crippen LogP contribution in [-0.4, -0.2) is 57.8 Å². The van der Waals surface area contributed by atoms with E-state index in [1.807, 2.05) is 19.9 Å². The van der Waals surface area contributed by atoms with Gasteiger partial charge in [-0.05, 0) is 51.2 Å². The maximum absolute atomic E-state index is 12.8. The van der Waals surface area contributed by atoms with Crippen molar-refractivity contribution in [2.24, 2.45) is 0 Å². The topological polar surface area (TPSA) is 89.9 Å². The summed E-state index contributed by atoms with van der Waals surface area (Å²) in [6, 6.07) is 1.73. The molecule has 2 amide bonds. The van der Waals surface area contributed by atoms with Gasteiger partial charge in [-0.15, -0.1) is 11.3 Å². The van der Waals surface area contributed by atoms with Gasteiger partial charge in [0, 0.05) is 24.0 Å². The second-order valence-electron chi connectivity index (χ2n) is 7.01. The Morgan fingerprint density at radius 1 is 1.29 bits per heavy atom. The Bertz CT molecular complexity index is 653. The lowest BCUT2D eigenvalue weighted by Crippen LogP contribution is -2.48. The number of thiophene rings is 1. The lowest BCUT2D eigenvalue weighted by molar-refractivity contribution is -0.132. The van der Waals surface area contributed by atoms with Crippen LogP contribution in [0.2, 0.25) is 0 Å². The standard InChI is InChI=1S/C17H24N2O4S/c1-10-7-11(2)24-14(10)15(21)19-8-12(3-4-13(20)9-19)18-16(22)17(23)5-6-17/h7,12-13,20,23H,3-6,8-9H2,1-2H3,(H,18,22)/t12-,13+/m1/s1. The molecule has 7 heteroatoms. The molecule has 0 bridgehead atoms. The summed E-state index contributed by atoms with van der Waals surface area (Å²) in [4.78, 5) is 28.3. The number of nitrogens with one attached hydrogen (secondary N) is 1. The zero-order valence-corrected chi connectivity index (χ0v) is 14.9. The highest BCUT2D eigenvalue weighted by Gasteiger charge is 2.48. The van der Waals surface area contributed by atoms with Crippen molar-refractivity contribution in [1.29, 1.82) is 0 Å². The van der Waals surface area contributed by atoms with Gasteiger partial charge in [-0.3, -0.25) is 9.59 Å². The van der Waals surface area contributed by atoms with Gasteiger partial charge in [-0.25, -0.2) is 0 Å². The van der Waals surface area contributed by atoms with Crippen LogP contribution in [0.4, 0.5) is 0 Å². The number of aliphatic hydroxyl groups is 2. The molecule has 3 rings (SSSR count). The van der Waals surface area contributed by atoms with Crippen LogP contribution >= 0.6 is 11.3 Å². The molecule has 0 aromatic carbocycles. The Balaban J connectivity index is 1.72. The van der Waals surface area contributed by atoms with Crippen molar-refractivity contribution in [3.63, 3.8) is 0 Å². The summed E-state index contributed by atoms with van der Waals surface area (Å²) in [5.41, 5.74) is -0.282. The molecule has 1 saturated heterocycles. The molecule has 2 heterocycles. The monoisotopic (exact) mass is 352 g/mol. The number of carbonyl (C=O) groups is 2. The third-order valence-corrected chi connectivity index (χ3v) is 5.86. The van der Waals surface area contributed by atoms with Gasteiger partial charge in [0.05, 0.1) is 11.0 Å². The van der Waals surface area contributed by atoms with Crippen LogP contribution in [-0.2, 0) is 4.79 Å². The zero-order chi connectivity index (χ0) is 17.5. The molecule has 2 aliphatic rings. The van der Waals surface area contributed by atoms with Gasteiger partial charge < -0.3 is 20.4 Å². The molecule has 0 spiro atoms. The minimum absolute atomic E-state index is 0.101. The molecular weight excluding hydrogens is 328 g/mol. The van der Waals surface area contributed by atoms with Crippen LogP contribution in [0.3, 0.4) is 0 Å². The Labute approximate surface area is 145 Å². The molecule has 2 fully saturated rings. The molecule has 1 saturated carbocycles. The quantitative estimate of drug-likeness (QED) is 0.756. The average Bonchev–Trinajstić information content (AvgIpc) is 3.22. The van der Waals surface area contributed by atoms with Crippen LogP contribution in [0, 0.1) is 13.8 Å². The van der Waals surface area contributed by atoms with Gasteiger partial charge in [0.15, 0.2) is 0 Å². The lowest BCUT2D eigenvalue weighted by Gasteiger charge is -2.26. The van der Waals surface area contributed by atoms with Crippen LogP contribution < -0.4 is 5.32 Å². The summed E-state index contributed by atoms with van der Waals surface area (Å²) in [5.74, 6) is -0.463. The van der Waals surface area contributed by atoms with E-state index in [1.54, 1.807) is 4.90 Å². The zero-order valence-electron chi connectivity index (χ0n) is 14.0. The van der Waals surface area contributed by atoms with Crippen molar-refractivity contribution >= 4 is 23.2 Å². The van der Waals surface area contributed by atoms with E-state index in [0.717, 1.165) is 10.4 Å². The van der Waals surface area contributed by atoms with Crippen molar-refractivity contribution < 1.29 is 19.8 Å². The first kappa shape index (κ1) is 17.4. The minimum Gasteiger partial charge on any atom is -0.391 e. The van der Waals surface area contributed by atoms with Crippen LogP contribution in [0.1, 0.15) is 45.8 Å². The second kappa shape index (κ2) is 6.46. The first-order chi connectivity index (χ1) is 11.3. The van der Waals surface area contributed by atoms with Crippen LogP contribution in [0.5, 0.6) is 0 Å². The number of likely N-dealkylation sites (tertiary alicyclic amines) is 1. The summed E-state index contributed by atoms with van der Waals surface area (Å²) < 4.78 is 0. The predicted molar refractivity (Wildman–Crippen MR) is 91.1 cm³/mol. The van der Waals surface area contributed by atoms with E-state index in [1.165, 1.54) is 11.3 Å². The Morgan fingerprint density at radius 3 is 2.58 bits per heavy atom. The molecule has 2 atom stereocenters. The number of β-amino-alcohol motifs (C(OH)–C–C–N with tert-alkyl or cyclic N) is 1. The van der Waals surface area contributed by atoms with Gasteiger partial charge in [-0.2, -0.15) is 0 Å². The summed E-state index contributed by atoms with van der Waals surface area (Å²) in [6.07, 6.45) is 1.50. The van der Waals surface area contributed by atoms with Crippen LogP contribution in [0.25, 0.3) is 0 Å². The number of carbonyl (C=O) groups excluding carboxylic acids is 2. The maximum atomic E-state index is 12.8. The van der Waals surface area contributed by atoms with Gasteiger partial charge in [0.1, 0.15) is 5.60 Å². The van der Waals surface area contributed by atoms with Gasteiger partial charge >= 0.3 is 0 Å². The average molecular weight is 352 g/mol. The summed E-state index contributed by atoms with van der Waals surface area (Å²) in [5, 5.41) is 22.9. The summed E-state index contributed by atoms with van der Waals surface area (Å²) in [6.45, 7) is 4.50. The number of hydrogen-bond donors (Lipinski definition) is 3. The molecule has 6 nitrogen and oxygen atoms in total. The molecule has 0 radical (unpaired) electrons. The third kappa shape index (κ3) is 3.63. The SMILES string of the molecule is Cc1cc(C)c(C(=O)N2C[C@@H](O)CC[C@@H](NC(=O)C3(O)CC3)C2)s1. The fourth-order valence-corrected chi connectivity index (χ4v) is 4.11. The van der Waals surface area contributed by atoms with Crippen molar-refractivity contribution in [3.05, 3.63) is 21.4 Å². The molecule has 0 unspecified atom stereocenters. The Hall–Kier alpha value is -1.44. The number of nitrogens with zero attached hydrogens (tertiary/aromatic N) is 1. The minimum atomic E-state index is -1.22. The highest BCUT2D eigenvalue weighted by atomic mass is 32.1. The van der Waals surface area contributed by atoms with E-state index < -0.39 is 11.7 Å². The Kier molecular flexibility index (Phi) is 4.68. The first-order valence-electron chi connectivity index (χ1n) is 8.36. The van der Waals surface area contributed by atoms with E-state index in [9.17, 15) is 19.8 Å². The molecule has 1 aliphatic heterocycles. The van der Waals surface area contributed by atoms with Crippen molar-refractivity contribution in [1.82, 2.24) is 10.2 Å². The highest BCUT2D eigenvalue weighted by molar-refractivity contribution is 7.14. The normalized spacial score (nSPS) is 25.9.